The lowest BCUT2D eigenvalue weighted by atomic mass is 9.99. The van der Waals surface area contributed by atoms with Gasteiger partial charge in [0, 0.05) is 18.5 Å². The maximum atomic E-state index is 11.3. The summed E-state index contributed by atoms with van der Waals surface area (Å²) in [5.74, 6) is 0.954. The number of phenols is 1. The van der Waals surface area contributed by atoms with E-state index in [1.54, 1.807) is 6.07 Å². The predicted octanol–water partition coefficient (Wildman–Crippen LogP) is 3.21. The lowest BCUT2D eigenvalue weighted by Gasteiger charge is -2.18. The quantitative estimate of drug-likeness (QED) is 0.749. The van der Waals surface area contributed by atoms with Crippen LogP contribution in [0.25, 0.3) is 22.5 Å². The molecule has 0 radical (unpaired) electrons. The normalized spacial score (nSPS) is 17.7. The average Bonchev–Trinajstić information content (AvgIpc) is 2.98. The van der Waals surface area contributed by atoms with Crippen molar-refractivity contribution in [1.82, 2.24) is 15.3 Å². The van der Waals surface area contributed by atoms with Crippen molar-refractivity contribution in [3.05, 3.63) is 41.3 Å². The first-order valence-electron chi connectivity index (χ1n) is 8.36. The number of benzene rings is 1. The number of pyridine rings is 1. The van der Waals surface area contributed by atoms with Crippen LogP contribution in [0.4, 0.5) is 0 Å². The second kappa shape index (κ2) is 5.88. The van der Waals surface area contributed by atoms with Gasteiger partial charge in [0.05, 0.1) is 11.6 Å². The molecule has 0 spiro atoms. The van der Waals surface area contributed by atoms with Crippen molar-refractivity contribution in [2.45, 2.75) is 32.6 Å². The van der Waals surface area contributed by atoms with Gasteiger partial charge in [-0.15, -0.1) is 0 Å². The molecule has 0 bridgehead atoms. The lowest BCUT2D eigenvalue weighted by molar-refractivity contribution is -0.122. The minimum absolute atomic E-state index is 0.0677. The number of carbonyl (C=O) groups excluding carboxylic acids is 1. The van der Waals surface area contributed by atoms with E-state index in [1.165, 1.54) is 0 Å². The first kappa shape index (κ1) is 15.6. The number of oxazole rings is 1. The highest BCUT2D eigenvalue weighted by Gasteiger charge is 2.24. The van der Waals surface area contributed by atoms with Crippen molar-refractivity contribution >= 4 is 17.1 Å². The molecule has 25 heavy (non-hydrogen) atoms. The molecule has 1 atom stereocenters. The van der Waals surface area contributed by atoms with Gasteiger partial charge in [0.25, 0.3) is 0 Å². The number of fused-ring (bicyclic) bond motifs is 1. The maximum Gasteiger partial charge on any atom is 0.220 e. The van der Waals surface area contributed by atoms with Crippen LogP contribution in [-0.4, -0.2) is 27.5 Å². The molecule has 1 aliphatic heterocycles. The Morgan fingerprint density at radius 3 is 2.80 bits per heavy atom. The van der Waals surface area contributed by atoms with E-state index in [1.807, 2.05) is 32.0 Å². The number of nitrogens with one attached hydrogen (secondary N) is 1. The van der Waals surface area contributed by atoms with Crippen LogP contribution in [0.5, 0.6) is 5.75 Å². The molecule has 1 aliphatic rings. The predicted molar refractivity (Wildman–Crippen MR) is 93.4 cm³/mol. The summed E-state index contributed by atoms with van der Waals surface area (Å²) < 4.78 is 5.83. The lowest BCUT2D eigenvalue weighted by Crippen LogP contribution is -2.33. The number of aromatic hydroxyl groups is 1. The fourth-order valence-corrected chi connectivity index (χ4v) is 3.37. The molecule has 1 fully saturated rings. The van der Waals surface area contributed by atoms with E-state index in [9.17, 15) is 9.90 Å². The summed E-state index contributed by atoms with van der Waals surface area (Å²) in [6.07, 6.45) is 1.21. The number of carbonyl (C=O) groups is 1. The Balaban J connectivity index is 1.73. The van der Waals surface area contributed by atoms with Gasteiger partial charge in [-0.05, 0) is 49.6 Å². The average molecular weight is 337 g/mol. The summed E-state index contributed by atoms with van der Waals surface area (Å²) in [5, 5.41) is 13.1. The first-order valence-corrected chi connectivity index (χ1v) is 8.36. The molecule has 1 unspecified atom stereocenters. The van der Waals surface area contributed by atoms with Crippen LogP contribution in [0, 0.1) is 13.8 Å². The van der Waals surface area contributed by atoms with Crippen molar-refractivity contribution < 1.29 is 14.3 Å². The van der Waals surface area contributed by atoms with Gasteiger partial charge < -0.3 is 14.8 Å². The summed E-state index contributed by atoms with van der Waals surface area (Å²) >= 11 is 0. The number of amides is 1. The van der Waals surface area contributed by atoms with Gasteiger partial charge in [-0.1, -0.05) is 6.07 Å². The van der Waals surface area contributed by atoms with Crippen molar-refractivity contribution in [2.75, 3.05) is 6.54 Å². The maximum absolute atomic E-state index is 11.3. The molecule has 1 saturated heterocycles. The topological polar surface area (TPSA) is 88.3 Å². The number of hydrogen-bond acceptors (Lipinski definition) is 5. The second-order valence-corrected chi connectivity index (χ2v) is 6.59. The van der Waals surface area contributed by atoms with Gasteiger partial charge in [-0.3, -0.25) is 4.79 Å². The second-order valence-electron chi connectivity index (χ2n) is 6.59. The molecular formula is C19H19N3O3. The van der Waals surface area contributed by atoms with Gasteiger partial charge in [0.2, 0.25) is 11.8 Å². The number of nitrogens with zero attached hydrogens (tertiary/aromatic N) is 2. The van der Waals surface area contributed by atoms with Gasteiger partial charge in [0.15, 0.2) is 11.2 Å². The summed E-state index contributed by atoms with van der Waals surface area (Å²) in [6, 6.07) is 7.40. The number of rotatable bonds is 2. The molecule has 1 amide bonds. The largest absolute Gasteiger partial charge is 0.507 e. The molecule has 4 rings (SSSR count). The number of piperidine rings is 1. The first-order chi connectivity index (χ1) is 12.0. The number of phenolic OH excluding ortho intramolecular Hbond substituents is 1. The van der Waals surface area contributed by atoms with E-state index in [4.69, 9.17) is 4.42 Å². The number of hydrogen-bond donors (Lipinski definition) is 2. The molecule has 128 valence electrons. The van der Waals surface area contributed by atoms with Crippen molar-refractivity contribution in [3.8, 4) is 17.0 Å². The fourth-order valence-electron chi connectivity index (χ4n) is 3.37. The summed E-state index contributed by atoms with van der Waals surface area (Å²) in [4.78, 5) is 20.4. The van der Waals surface area contributed by atoms with E-state index in [0.717, 1.165) is 17.5 Å². The Morgan fingerprint density at radius 1 is 1.24 bits per heavy atom. The third-order valence-electron chi connectivity index (χ3n) is 4.60. The van der Waals surface area contributed by atoms with E-state index in [2.05, 4.69) is 15.3 Å². The molecule has 1 aromatic carbocycles. The van der Waals surface area contributed by atoms with Crippen LogP contribution in [0.1, 0.15) is 35.8 Å². The van der Waals surface area contributed by atoms with Crippen LogP contribution >= 0.6 is 0 Å². The highest BCUT2D eigenvalue weighted by Crippen LogP contribution is 2.34. The molecule has 3 heterocycles. The molecule has 2 aromatic heterocycles. The van der Waals surface area contributed by atoms with E-state index in [-0.39, 0.29) is 17.6 Å². The molecule has 0 aliphatic carbocycles. The summed E-state index contributed by atoms with van der Waals surface area (Å²) in [5.41, 5.74) is 4.47. The minimum atomic E-state index is 0.0677. The van der Waals surface area contributed by atoms with E-state index < -0.39 is 0 Å². The van der Waals surface area contributed by atoms with Crippen molar-refractivity contribution in [3.63, 3.8) is 0 Å². The SMILES string of the molecule is Cc1cc(C)c(-c2ccc3oc(C4CCC(=O)NC4)nc3n2)c(O)c1. The standard InChI is InChI=1S/C19H19N3O3/c1-10-7-11(2)17(14(23)8-10)13-4-5-15-18(21-13)22-19(25-15)12-3-6-16(24)20-9-12/h4-5,7-8,12,23H,3,6,9H2,1-2H3,(H,20,24). The summed E-state index contributed by atoms with van der Waals surface area (Å²) in [7, 11) is 0. The number of aromatic nitrogens is 2. The van der Waals surface area contributed by atoms with Crippen LogP contribution in [-0.2, 0) is 4.79 Å². The number of aryl methyl sites for hydroxylation is 2. The zero-order chi connectivity index (χ0) is 17.6. The Kier molecular flexibility index (Phi) is 3.67. The summed E-state index contributed by atoms with van der Waals surface area (Å²) in [6.45, 7) is 4.43. The zero-order valence-electron chi connectivity index (χ0n) is 14.2. The molecule has 2 N–H and O–H groups in total. The van der Waals surface area contributed by atoms with Crippen LogP contribution in [0.15, 0.2) is 28.7 Å². The Labute approximate surface area is 144 Å². The molecular weight excluding hydrogens is 318 g/mol. The molecule has 6 nitrogen and oxygen atoms in total. The minimum Gasteiger partial charge on any atom is -0.507 e. The molecule has 0 saturated carbocycles. The van der Waals surface area contributed by atoms with Gasteiger partial charge in [0.1, 0.15) is 5.75 Å². The molecule has 6 heteroatoms. The molecule has 3 aromatic rings. The monoisotopic (exact) mass is 337 g/mol. The van der Waals surface area contributed by atoms with Gasteiger partial charge in [-0.2, -0.15) is 4.98 Å². The van der Waals surface area contributed by atoms with Gasteiger partial charge in [-0.25, -0.2) is 4.98 Å². The van der Waals surface area contributed by atoms with Crippen molar-refractivity contribution in [2.24, 2.45) is 0 Å². The third kappa shape index (κ3) is 2.84. The fraction of sp³-hybridized carbons (Fsp3) is 0.316. The Hall–Kier alpha value is -2.89. The smallest absolute Gasteiger partial charge is 0.220 e. The van der Waals surface area contributed by atoms with Gasteiger partial charge >= 0.3 is 0 Å². The Bertz CT molecular complexity index is 944. The van der Waals surface area contributed by atoms with Crippen LogP contribution < -0.4 is 5.32 Å². The van der Waals surface area contributed by atoms with Crippen LogP contribution in [0.3, 0.4) is 0 Å². The third-order valence-corrected chi connectivity index (χ3v) is 4.60. The highest BCUT2D eigenvalue weighted by atomic mass is 16.3. The van der Waals surface area contributed by atoms with E-state index >= 15 is 0 Å². The van der Waals surface area contributed by atoms with Crippen LogP contribution in [0.2, 0.25) is 0 Å². The van der Waals surface area contributed by atoms with Crippen molar-refractivity contribution in [1.29, 1.82) is 0 Å². The van der Waals surface area contributed by atoms with E-state index in [0.29, 0.717) is 41.3 Å². The highest BCUT2D eigenvalue weighted by molar-refractivity contribution is 5.78. The zero-order valence-corrected chi connectivity index (χ0v) is 14.2. The Morgan fingerprint density at radius 2 is 2.08 bits per heavy atom.